The Kier molecular flexibility index (Phi) is 4.11. The zero-order valence-corrected chi connectivity index (χ0v) is 12.2. The maximum Gasteiger partial charge on any atom is 0.261 e. The number of sulfonamides is 1. The number of benzene rings is 2. The molecule has 2 aromatic carbocycles. The Morgan fingerprint density at radius 1 is 1.10 bits per heavy atom. The van der Waals surface area contributed by atoms with Crippen LogP contribution in [0.5, 0.6) is 0 Å². The molecule has 2 N–H and O–H groups in total. The quantitative estimate of drug-likeness (QED) is 0.910. The van der Waals surface area contributed by atoms with Crippen molar-refractivity contribution in [1.29, 1.82) is 0 Å². The molecule has 0 fully saturated rings. The van der Waals surface area contributed by atoms with Crippen LogP contribution in [0.3, 0.4) is 0 Å². The van der Waals surface area contributed by atoms with E-state index >= 15 is 0 Å². The maximum absolute atomic E-state index is 12.2. The van der Waals surface area contributed by atoms with Gasteiger partial charge in [-0.2, -0.15) is 0 Å². The Bertz CT molecular complexity index is 691. The first-order chi connectivity index (χ1) is 9.38. The molecule has 106 valence electrons. The number of anilines is 1. The molecule has 0 amide bonds. The Morgan fingerprint density at radius 2 is 1.75 bits per heavy atom. The van der Waals surface area contributed by atoms with Gasteiger partial charge in [0.25, 0.3) is 10.0 Å². The highest BCUT2D eigenvalue weighted by Crippen LogP contribution is 2.20. The number of nitrogens with one attached hydrogen (secondary N) is 1. The molecule has 0 saturated carbocycles. The predicted octanol–water partition coefficient (Wildman–Crippen LogP) is 2.85. The first kappa shape index (κ1) is 14.6. The molecular weight excluding hydrogens is 274 g/mol. The van der Waals surface area contributed by atoms with Crippen LogP contribution in [0.2, 0.25) is 0 Å². The molecule has 0 heterocycles. The van der Waals surface area contributed by atoms with E-state index in [1.165, 1.54) is 0 Å². The summed E-state index contributed by atoms with van der Waals surface area (Å²) in [7, 11) is -3.60. The average molecular weight is 291 g/mol. The van der Waals surface area contributed by atoms with Crippen molar-refractivity contribution in [3.63, 3.8) is 0 Å². The van der Waals surface area contributed by atoms with E-state index in [1.807, 2.05) is 6.92 Å². The molecule has 0 spiro atoms. The monoisotopic (exact) mass is 291 g/mol. The van der Waals surface area contributed by atoms with E-state index in [4.69, 9.17) is 0 Å². The van der Waals surface area contributed by atoms with Gasteiger partial charge in [0.15, 0.2) is 0 Å². The van der Waals surface area contributed by atoms with Crippen LogP contribution in [0.25, 0.3) is 0 Å². The van der Waals surface area contributed by atoms with Crippen molar-refractivity contribution in [3.05, 3.63) is 59.7 Å². The molecule has 0 saturated heterocycles. The van der Waals surface area contributed by atoms with Gasteiger partial charge in [0.05, 0.1) is 11.0 Å². The Balaban J connectivity index is 2.28. The summed E-state index contributed by atoms with van der Waals surface area (Å²) in [6.45, 7) is 3.53. The number of aliphatic hydroxyl groups excluding tert-OH is 1. The van der Waals surface area contributed by atoms with Gasteiger partial charge in [0, 0.05) is 5.69 Å². The number of hydrogen-bond acceptors (Lipinski definition) is 3. The molecule has 0 aliphatic rings. The third-order valence-electron chi connectivity index (χ3n) is 2.95. The van der Waals surface area contributed by atoms with Crippen molar-refractivity contribution in [2.24, 2.45) is 0 Å². The lowest BCUT2D eigenvalue weighted by Gasteiger charge is -2.11. The lowest BCUT2D eigenvalue weighted by Crippen LogP contribution is -2.13. The molecule has 0 aromatic heterocycles. The van der Waals surface area contributed by atoms with Gasteiger partial charge in [-0.15, -0.1) is 0 Å². The Labute approximate surface area is 119 Å². The summed E-state index contributed by atoms with van der Waals surface area (Å²) < 4.78 is 27.0. The Morgan fingerprint density at radius 3 is 2.35 bits per heavy atom. The van der Waals surface area contributed by atoms with Crippen molar-refractivity contribution in [2.75, 3.05) is 4.72 Å². The number of aryl methyl sites for hydroxylation is 1. The SMILES string of the molecule is Cc1ccc(S(=O)(=O)Nc2cccc([C@@H](C)O)c2)cc1. The van der Waals surface area contributed by atoms with E-state index in [-0.39, 0.29) is 4.90 Å². The van der Waals surface area contributed by atoms with E-state index in [2.05, 4.69) is 4.72 Å². The second-order valence-corrected chi connectivity index (χ2v) is 6.40. The second-order valence-electron chi connectivity index (χ2n) is 4.72. The van der Waals surface area contributed by atoms with Crippen LogP contribution in [0.4, 0.5) is 5.69 Å². The van der Waals surface area contributed by atoms with Crippen LogP contribution in [0.15, 0.2) is 53.4 Å². The summed E-state index contributed by atoms with van der Waals surface area (Å²) in [4.78, 5) is 0.213. The minimum absolute atomic E-state index is 0.213. The molecule has 0 aliphatic carbocycles. The van der Waals surface area contributed by atoms with Crippen molar-refractivity contribution in [2.45, 2.75) is 24.8 Å². The lowest BCUT2D eigenvalue weighted by atomic mass is 10.1. The molecule has 1 atom stereocenters. The summed E-state index contributed by atoms with van der Waals surface area (Å²) in [5, 5.41) is 9.52. The highest BCUT2D eigenvalue weighted by Gasteiger charge is 2.14. The fraction of sp³-hybridized carbons (Fsp3) is 0.200. The van der Waals surface area contributed by atoms with Crippen LogP contribution >= 0.6 is 0 Å². The van der Waals surface area contributed by atoms with E-state index in [9.17, 15) is 13.5 Å². The zero-order valence-electron chi connectivity index (χ0n) is 11.4. The van der Waals surface area contributed by atoms with Crippen molar-refractivity contribution < 1.29 is 13.5 Å². The predicted molar refractivity (Wildman–Crippen MR) is 79.1 cm³/mol. The molecule has 0 aliphatic heterocycles. The zero-order chi connectivity index (χ0) is 14.8. The van der Waals surface area contributed by atoms with E-state index < -0.39 is 16.1 Å². The summed E-state index contributed by atoms with van der Waals surface area (Å²) in [5.41, 5.74) is 2.10. The van der Waals surface area contributed by atoms with Crippen molar-refractivity contribution in [3.8, 4) is 0 Å². The average Bonchev–Trinajstić information content (AvgIpc) is 2.39. The maximum atomic E-state index is 12.2. The van der Waals surface area contributed by atoms with Gasteiger partial charge in [-0.3, -0.25) is 4.72 Å². The summed E-state index contributed by atoms with van der Waals surface area (Å²) >= 11 is 0. The first-order valence-corrected chi connectivity index (χ1v) is 7.74. The Hall–Kier alpha value is -1.85. The number of hydrogen-bond donors (Lipinski definition) is 2. The highest BCUT2D eigenvalue weighted by atomic mass is 32.2. The van der Waals surface area contributed by atoms with Gasteiger partial charge < -0.3 is 5.11 Å². The molecule has 0 radical (unpaired) electrons. The van der Waals surface area contributed by atoms with Gasteiger partial charge in [-0.05, 0) is 43.7 Å². The molecule has 0 unspecified atom stereocenters. The third-order valence-corrected chi connectivity index (χ3v) is 4.35. The van der Waals surface area contributed by atoms with Crippen LogP contribution in [0.1, 0.15) is 24.2 Å². The van der Waals surface area contributed by atoms with Gasteiger partial charge in [0.1, 0.15) is 0 Å². The summed E-state index contributed by atoms with van der Waals surface area (Å²) in [6, 6.07) is 13.4. The van der Waals surface area contributed by atoms with Crippen molar-refractivity contribution >= 4 is 15.7 Å². The fourth-order valence-electron chi connectivity index (χ4n) is 1.79. The van der Waals surface area contributed by atoms with Gasteiger partial charge in [0.2, 0.25) is 0 Å². The van der Waals surface area contributed by atoms with Crippen LogP contribution < -0.4 is 4.72 Å². The molecular formula is C15H17NO3S. The molecule has 2 aromatic rings. The smallest absolute Gasteiger partial charge is 0.261 e. The van der Waals surface area contributed by atoms with E-state index in [0.29, 0.717) is 11.3 Å². The minimum atomic E-state index is -3.60. The molecule has 4 nitrogen and oxygen atoms in total. The van der Waals surface area contributed by atoms with Crippen molar-refractivity contribution in [1.82, 2.24) is 0 Å². The van der Waals surface area contributed by atoms with Gasteiger partial charge in [-0.25, -0.2) is 8.42 Å². The van der Waals surface area contributed by atoms with E-state index in [0.717, 1.165) is 5.56 Å². The summed E-state index contributed by atoms with van der Waals surface area (Å²) in [6.07, 6.45) is -0.640. The summed E-state index contributed by atoms with van der Waals surface area (Å²) in [5.74, 6) is 0. The molecule has 5 heteroatoms. The fourth-order valence-corrected chi connectivity index (χ4v) is 2.84. The number of rotatable bonds is 4. The highest BCUT2D eigenvalue weighted by molar-refractivity contribution is 7.92. The second kappa shape index (κ2) is 5.64. The minimum Gasteiger partial charge on any atom is -0.389 e. The third kappa shape index (κ3) is 3.37. The van der Waals surface area contributed by atoms with Gasteiger partial charge in [-0.1, -0.05) is 29.8 Å². The van der Waals surface area contributed by atoms with E-state index in [1.54, 1.807) is 55.5 Å². The number of aliphatic hydroxyl groups is 1. The first-order valence-electron chi connectivity index (χ1n) is 6.26. The standard InChI is InChI=1S/C15H17NO3S/c1-11-6-8-15(9-7-11)20(18,19)16-14-5-3-4-13(10-14)12(2)17/h3-10,12,16-17H,1-2H3/t12-/m1/s1. The van der Waals surface area contributed by atoms with Crippen LogP contribution in [-0.4, -0.2) is 13.5 Å². The van der Waals surface area contributed by atoms with Crippen LogP contribution in [0, 0.1) is 6.92 Å². The topological polar surface area (TPSA) is 66.4 Å². The lowest BCUT2D eigenvalue weighted by molar-refractivity contribution is 0.199. The molecule has 0 bridgehead atoms. The molecule has 2 rings (SSSR count). The largest absolute Gasteiger partial charge is 0.389 e. The van der Waals surface area contributed by atoms with Crippen LogP contribution in [-0.2, 0) is 10.0 Å². The normalized spacial score (nSPS) is 12.9. The molecule has 20 heavy (non-hydrogen) atoms. The van der Waals surface area contributed by atoms with Gasteiger partial charge >= 0.3 is 0 Å².